The first kappa shape index (κ1) is 12.1. The summed E-state index contributed by atoms with van der Waals surface area (Å²) in [7, 11) is 0. The Morgan fingerprint density at radius 2 is 1.71 bits per heavy atom. The van der Waals surface area contributed by atoms with Crippen LogP contribution in [0.2, 0.25) is 0 Å². The van der Waals surface area contributed by atoms with Gasteiger partial charge in [-0.3, -0.25) is 0 Å². The lowest BCUT2D eigenvalue weighted by atomic mass is 9.85. The van der Waals surface area contributed by atoms with E-state index in [1.54, 1.807) is 0 Å². The van der Waals surface area contributed by atoms with Crippen molar-refractivity contribution in [1.29, 1.82) is 0 Å². The van der Waals surface area contributed by atoms with E-state index in [-0.39, 0.29) is 0 Å². The van der Waals surface area contributed by atoms with E-state index >= 15 is 0 Å². The summed E-state index contributed by atoms with van der Waals surface area (Å²) in [5.74, 6) is 4.94. The molecule has 0 saturated heterocycles. The van der Waals surface area contributed by atoms with Gasteiger partial charge in [0.15, 0.2) is 0 Å². The van der Waals surface area contributed by atoms with Gasteiger partial charge in [0, 0.05) is 0 Å². The maximum absolute atomic E-state index is 2.48. The van der Waals surface area contributed by atoms with Crippen LogP contribution in [0.5, 0.6) is 0 Å². The molecule has 1 saturated carbocycles. The lowest BCUT2D eigenvalue weighted by molar-refractivity contribution is 0.295. The number of hydrogen-bond donors (Lipinski definition) is 0. The van der Waals surface area contributed by atoms with E-state index < -0.39 is 0 Å². The molecule has 14 heavy (non-hydrogen) atoms. The first-order valence-corrected chi connectivity index (χ1v) is 6.57. The molecule has 0 aliphatic heterocycles. The summed E-state index contributed by atoms with van der Waals surface area (Å²) in [6.07, 6.45) is 5.73. The second kappa shape index (κ2) is 5.19. The molecule has 0 amide bonds. The molecule has 4 atom stereocenters. The van der Waals surface area contributed by atoms with Gasteiger partial charge in [-0.15, -0.1) is 0 Å². The van der Waals surface area contributed by atoms with Crippen molar-refractivity contribution < 1.29 is 0 Å². The molecule has 0 N–H and O–H groups in total. The lowest BCUT2D eigenvalue weighted by Crippen LogP contribution is -2.12. The highest BCUT2D eigenvalue weighted by Crippen LogP contribution is 2.51. The summed E-state index contributed by atoms with van der Waals surface area (Å²) in [5.41, 5.74) is 0. The van der Waals surface area contributed by atoms with Crippen molar-refractivity contribution >= 4 is 0 Å². The largest absolute Gasteiger partial charge is 0.0654 e. The number of unbranched alkanes of at least 4 members (excludes halogenated alkanes) is 1. The third-order valence-corrected chi connectivity index (χ3v) is 4.33. The van der Waals surface area contributed by atoms with Crippen molar-refractivity contribution in [2.75, 3.05) is 0 Å². The van der Waals surface area contributed by atoms with Crippen molar-refractivity contribution in [2.45, 2.75) is 60.3 Å². The number of rotatable bonds is 6. The van der Waals surface area contributed by atoms with Gasteiger partial charge in [-0.2, -0.15) is 0 Å². The van der Waals surface area contributed by atoms with E-state index in [1.165, 1.54) is 25.7 Å². The van der Waals surface area contributed by atoms with Crippen molar-refractivity contribution in [3.05, 3.63) is 0 Å². The molecule has 1 aliphatic rings. The summed E-state index contributed by atoms with van der Waals surface area (Å²) in [4.78, 5) is 0. The third-order valence-electron chi connectivity index (χ3n) is 4.33. The van der Waals surface area contributed by atoms with E-state index in [1.807, 2.05) is 0 Å². The second-order valence-corrected chi connectivity index (χ2v) is 5.79. The molecule has 0 spiro atoms. The number of hydrogen-bond acceptors (Lipinski definition) is 0. The Morgan fingerprint density at radius 3 is 2.14 bits per heavy atom. The highest BCUT2D eigenvalue weighted by atomic mass is 14.5. The van der Waals surface area contributed by atoms with Gasteiger partial charge < -0.3 is 0 Å². The molecule has 0 aromatic carbocycles. The Bertz CT molecular complexity index is 159. The fourth-order valence-corrected chi connectivity index (χ4v) is 2.82. The molecule has 0 radical (unpaired) electrons. The molecule has 0 nitrogen and oxygen atoms in total. The average molecular weight is 196 g/mol. The first-order valence-electron chi connectivity index (χ1n) is 6.57. The summed E-state index contributed by atoms with van der Waals surface area (Å²) in [6, 6.07) is 0. The predicted octanol–water partition coefficient (Wildman–Crippen LogP) is 4.74. The smallest absolute Gasteiger partial charge is 0.0352 e. The molecule has 1 rings (SSSR count). The SMILES string of the molecule is CCCCC(C)C(C)C1CC1C(C)C. The van der Waals surface area contributed by atoms with Crippen LogP contribution in [-0.2, 0) is 0 Å². The Morgan fingerprint density at radius 1 is 1.07 bits per heavy atom. The molecule has 0 aromatic rings. The molecule has 1 aliphatic carbocycles. The Kier molecular flexibility index (Phi) is 4.47. The van der Waals surface area contributed by atoms with Crippen LogP contribution in [0.3, 0.4) is 0 Å². The zero-order valence-corrected chi connectivity index (χ0v) is 10.7. The van der Waals surface area contributed by atoms with Crippen molar-refractivity contribution in [1.82, 2.24) is 0 Å². The zero-order chi connectivity index (χ0) is 10.7. The van der Waals surface area contributed by atoms with Crippen LogP contribution in [0.4, 0.5) is 0 Å². The van der Waals surface area contributed by atoms with Gasteiger partial charge in [0.1, 0.15) is 0 Å². The molecule has 0 bridgehead atoms. The average Bonchev–Trinajstić information content (AvgIpc) is 2.92. The van der Waals surface area contributed by atoms with E-state index in [2.05, 4.69) is 34.6 Å². The molecular formula is C14H28. The van der Waals surface area contributed by atoms with E-state index in [0.717, 1.165) is 29.6 Å². The van der Waals surface area contributed by atoms with E-state index in [0.29, 0.717) is 0 Å². The summed E-state index contributed by atoms with van der Waals surface area (Å²) < 4.78 is 0. The topological polar surface area (TPSA) is 0 Å². The van der Waals surface area contributed by atoms with Gasteiger partial charge in [0.2, 0.25) is 0 Å². The van der Waals surface area contributed by atoms with Crippen LogP contribution in [0.25, 0.3) is 0 Å². The van der Waals surface area contributed by atoms with E-state index in [4.69, 9.17) is 0 Å². The minimum absolute atomic E-state index is 0.917. The van der Waals surface area contributed by atoms with Gasteiger partial charge in [0.05, 0.1) is 0 Å². The quantitative estimate of drug-likeness (QED) is 0.575. The molecular weight excluding hydrogens is 168 g/mol. The normalized spacial score (nSPS) is 30.4. The Hall–Kier alpha value is 0. The lowest BCUT2D eigenvalue weighted by Gasteiger charge is -2.20. The maximum Gasteiger partial charge on any atom is -0.0352 e. The van der Waals surface area contributed by atoms with Crippen LogP contribution in [-0.4, -0.2) is 0 Å². The van der Waals surface area contributed by atoms with Crippen LogP contribution in [0.1, 0.15) is 60.3 Å². The standard InChI is InChI=1S/C14H28/c1-6-7-8-11(4)12(5)14-9-13(14)10(2)3/h10-14H,6-9H2,1-5H3. The highest BCUT2D eigenvalue weighted by Gasteiger charge is 2.43. The minimum atomic E-state index is 0.917. The zero-order valence-electron chi connectivity index (χ0n) is 10.7. The predicted molar refractivity (Wildman–Crippen MR) is 64.3 cm³/mol. The third kappa shape index (κ3) is 3.00. The van der Waals surface area contributed by atoms with E-state index in [9.17, 15) is 0 Å². The second-order valence-electron chi connectivity index (χ2n) is 5.79. The molecule has 1 fully saturated rings. The first-order chi connectivity index (χ1) is 6.57. The van der Waals surface area contributed by atoms with Gasteiger partial charge in [0.25, 0.3) is 0 Å². The maximum atomic E-state index is 2.48. The molecule has 4 unspecified atom stereocenters. The van der Waals surface area contributed by atoms with Gasteiger partial charge >= 0.3 is 0 Å². The summed E-state index contributed by atoms with van der Waals surface area (Å²) in [5, 5.41) is 0. The highest BCUT2D eigenvalue weighted by molar-refractivity contribution is 4.92. The molecule has 0 heteroatoms. The summed E-state index contributed by atoms with van der Waals surface area (Å²) in [6.45, 7) is 12.0. The Labute approximate surface area is 90.5 Å². The van der Waals surface area contributed by atoms with Gasteiger partial charge in [-0.05, 0) is 36.0 Å². The van der Waals surface area contributed by atoms with Crippen LogP contribution < -0.4 is 0 Å². The monoisotopic (exact) mass is 196 g/mol. The van der Waals surface area contributed by atoms with Crippen molar-refractivity contribution in [3.63, 3.8) is 0 Å². The summed E-state index contributed by atoms with van der Waals surface area (Å²) >= 11 is 0. The molecule has 84 valence electrons. The Balaban J connectivity index is 2.25. The van der Waals surface area contributed by atoms with Crippen molar-refractivity contribution in [2.24, 2.45) is 29.6 Å². The van der Waals surface area contributed by atoms with Crippen LogP contribution >= 0.6 is 0 Å². The van der Waals surface area contributed by atoms with Crippen molar-refractivity contribution in [3.8, 4) is 0 Å². The van der Waals surface area contributed by atoms with Gasteiger partial charge in [-0.25, -0.2) is 0 Å². The van der Waals surface area contributed by atoms with Crippen LogP contribution in [0, 0.1) is 29.6 Å². The van der Waals surface area contributed by atoms with Gasteiger partial charge in [-0.1, -0.05) is 53.9 Å². The molecule has 0 heterocycles. The molecule has 0 aromatic heterocycles. The fraction of sp³-hybridized carbons (Fsp3) is 1.00. The minimum Gasteiger partial charge on any atom is -0.0654 e. The fourth-order valence-electron chi connectivity index (χ4n) is 2.82. The van der Waals surface area contributed by atoms with Crippen LogP contribution in [0.15, 0.2) is 0 Å².